The molecule has 0 bridgehead atoms. The number of nitrogens with one attached hydrogen (secondary N) is 1. The Balaban J connectivity index is 4.46. The van der Waals surface area contributed by atoms with Gasteiger partial charge in [0.15, 0.2) is 6.04 Å². The predicted octanol–water partition coefficient (Wildman–Crippen LogP) is 1.94. The van der Waals surface area contributed by atoms with Crippen LogP contribution < -0.4 is 5.32 Å². The summed E-state index contributed by atoms with van der Waals surface area (Å²) < 4.78 is 10.1. The second-order valence-corrected chi connectivity index (χ2v) is 5.35. The molecule has 1 unspecified atom stereocenters. The van der Waals surface area contributed by atoms with E-state index in [1.54, 1.807) is 20.8 Å². The molecular weight excluding hydrogens is 274 g/mol. The van der Waals surface area contributed by atoms with E-state index in [1.807, 2.05) is 32.1 Å². The second-order valence-electron chi connectivity index (χ2n) is 5.35. The Morgan fingerprint density at radius 3 is 2.33 bits per heavy atom. The monoisotopic (exact) mass is 299 g/mol. The first-order valence-electron chi connectivity index (χ1n) is 6.78. The van der Waals surface area contributed by atoms with Crippen molar-refractivity contribution in [3.63, 3.8) is 0 Å². The molecule has 2 N–H and O–H groups in total. The van der Waals surface area contributed by atoms with Crippen molar-refractivity contribution < 1.29 is 24.2 Å². The molecule has 1 atom stereocenters. The van der Waals surface area contributed by atoms with E-state index in [4.69, 9.17) is 14.6 Å². The molecule has 0 aromatic heterocycles. The maximum absolute atomic E-state index is 11.8. The van der Waals surface area contributed by atoms with E-state index in [0.717, 1.165) is 5.57 Å². The van der Waals surface area contributed by atoms with Gasteiger partial charge < -0.3 is 19.9 Å². The number of ether oxygens (including phenoxy) is 2. The number of hydrogen-bond donors (Lipinski definition) is 2. The topological polar surface area (TPSA) is 84.9 Å². The van der Waals surface area contributed by atoms with Crippen molar-refractivity contribution in [1.29, 1.82) is 0 Å². The molecule has 0 radical (unpaired) electrons. The summed E-state index contributed by atoms with van der Waals surface area (Å²) in [4.78, 5) is 23.4. The van der Waals surface area contributed by atoms with Gasteiger partial charge in [0.2, 0.25) is 0 Å². The van der Waals surface area contributed by atoms with Crippen LogP contribution >= 0.6 is 0 Å². The van der Waals surface area contributed by atoms with E-state index < -0.39 is 30.3 Å². The zero-order valence-corrected chi connectivity index (χ0v) is 13.3. The van der Waals surface area contributed by atoms with Crippen molar-refractivity contribution in [2.75, 3.05) is 13.2 Å². The number of hydrogen-bond acceptors (Lipinski definition) is 5. The lowest BCUT2D eigenvalue weighted by Crippen LogP contribution is -2.46. The van der Waals surface area contributed by atoms with Gasteiger partial charge in [0.05, 0.1) is 6.61 Å². The fourth-order valence-corrected chi connectivity index (χ4v) is 1.33. The lowest BCUT2D eigenvalue weighted by molar-refractivity contribution is -0.146. The number of alkyl carbamates (subject to hydrolysis) is 1. The van der Waals surface area contributed by atoms with Crippen LogP contribution in [-0.4, -0.2) is 42.0 Å². The molecule has 6 nitrogen and oxygen atoms in total. The maximum atomic E-state index is 11.8. The molecule has 120 valence electrons. The Labute approximate surface area is 125 Å². The third kappa shape index (κ3) is 8.86. The molecule has 0 aliphatic heterocycles. The fourth-order valence-electron chi connectivity index (χ4n) is 1.33. The van der Waals surface area contributed by atoms with Gasteiger partial charge in [-0.2, -0.15) is 0 Å². The lowest BCUT2D eigenvalue weighted by Gasteiger charge is -2.22. The third-order valence-electron chi connectivity index (χ3n) is 2.29. The minimum atomic E-state index is -1.15. The number of carbonyl (C=O) groups excluding carboxylic acids is 2. The molecule has 0 aromatic rings. The number of allylic oxidation sites excluding steroid dienone is 2. The smallest absolute Gasteiger partial charge is 0.408 e. The SMILES string of the molecule is CC=CC(=CC)COC(=O)C(CO)NC(=O)OC(C)(C)C. The van der Waals surface area contributed by atoms with E-state index in [-0.39, 0.29) is 6.61 Å². The summed E-state index contributed by atoms with van der Waals surface area (Å²) in [5, 5.41) is 11.4. The summed E-state index contributed by atoms with van der Waals surface area (Å²) in [6.45, 7) is 8.30. The minimum Gasteiger partial charge on any atom is -0.459 e. The number of amides is 1. The third-order valence-corrected chi connectivity index (χ3v) is 2.29. The second kappa shape index (κ2) is 9.18. The highest BCUT2D eigenvalue weighted by atomic mass is 16.6. The van der Waals surface area contributed by atoms with Gasteiger partial charge in [0, 0.05) is 0 Å². The van der Waals surface area contributed by atoms with Gasteiger partial charge in [-0.1, -0.05) is 18.2 Å². The van der Waals surface area contributed by atoms with Crippen molar-refractivity contribution >= 4 is 12.1 Å². The summed E-state index contributed by atoms with van der Waals surface area (Å²) in [6, 6.07) is -1.15. The first-order chi connectivity index (χ1) is 9.73. The molecule has 0 spiro atoms. The van der Waals surface area contributed by atoms with Crippen molar-refractivity contribution in [1.82, 2.24) is 5.32 Å². The fraction of sp³-hybridized carbons (Fsp3) is 0.600. The summed E-state index contributed by atoms with van der Waals surface area (Å²) in [5.74, 6) is -0.716. The molecule has 0 saturated carbocycles. The number of aliphatic hydroxyl groups is 1. The highest BCUT2D eigenvalue weighted by molar-refractivity contribution is 5.81. The largest absolute Gasteiger partial charge is 0.459 e. The number of rotatable bonds is 6. The van der Waals surface area contributed by atoms with Gasteiger partial charge in [-0.05, 0) is 40.2 Å². The van der Waals surface area contributed by atoms with Crippen LogP contribution in [0.4, 0.5) is 4.79 Å². The number of esters is 1. The summed E-state index contributed by atoms with van der Waals surface area (Å²) in [5.41, 5.74) is 0.137. The van der Waals surface area contributed by atoms with Crippen molar-refractivity contribution in [3.8, 4) is 0 Å². The van der Waals surface area contributed by atoms with Gasteiger partial charge in [-0.25, -0.2) is 9.59 Å². The zero-order valence-electron chi connectivity index (χ0n) is 13.3. The molecule has 0 heterocycles. The van der Waals surface area contributed by atoms with Crippen LogP contribution in [0.3, 0.4) is 0 Å². The summed E-state index contributed by atoms with van der Waals surface area (Å²) >= 11 is 0. The first kappa shape index (κ1) is 19.2. The quantitative estimate of drug-likeness (QED) is 0.578. The average molecular weight is 299 g/mol. The molecular formula is C15H25NO5. The lowest BCUT2D eigenvalue weighted by atomic mass is 10.2. The van der Waals surface area contributed by atoms with Gasteiger partial charge in [0.25, 0.3) is 0 Å². The number of carbonyl (C=O) groups is 2. The molecule has 0 fully saturated rings. The molecule has 0 aliphatic rings. The molecule has 0 rings (SSSR count). The van der Waals surface area contributed by atoms with Crippen molar-refractivity contribution in [2.24, 2.45) is 0 Å². The standard InChI is InChI=1S/C15H25NO5/c1-6-8-11(7-2)10-20-13(18)12(9-17)16-14(19)21-15(3,4)5/h6-8,12,17H,9-10H2,1-5H3,(H,16,19). The molecule has 0 aliphatic carbocycles. The van der Waals surface area contributed by atoms with Crippen molar-refractivity contribution in [3.05, 3.63) is 23.8 Å². The van der Waals surface area contributed by atoms with Gasteiger partial charge in [0.1, 0.15) is 12.2 Å². The van der Waals surface area contributed by atoms with Crippen LogP contribution in [0.5, 0.6) is 0 Å². The van der Waals surface area contributed by atoms with Gasteiger partial charge >= 0.3 is 12.1 Å². The molecule has 1 amide bonds. The molecule has 0 saturated heterocycles. The predicted molar refractivity (Wildman–Crippen MR) is 79.8 cm³/mol. The van der Waals surface area contributed by atoms with Gasteiger partial charge in [-0.15, -0.1) is 0 Å². The average Bonchev–Trinajstić information content (AvgIpc) is 2.38. The highest BCUT2D eigenvalue weighted by Gasteiger charge is 2.24. The Morgan fingerprint density at radius 2 is 1.90 bits per heavy atom. The van der Waals surface area contributed by atoms with E-state index in [0.29, 0.717) is 0 Å². The molecule has 6 heteroatoms. The van der Waals surface area contributed by atoms with Crippen LogP contribution in [0.1, 0.15) is 34.6 Å². The Kier molecular flexibility index (Phi) is 8.38. The van der Waals surface area contributed by atoms with Crippen LogP contribution in [-0.2, 0) is 14.3 Å². The molecule has 21 heavy (non-hydrogen) atoms. The Morgan fingerprint density at radius 1 is 1.29 bits per heavy atom. The molecule has 0 aromatic carbocycles. The highest BCUT2D eigenvalue weighted by Crippen LogP contribution is 2.07. The van der Waals surface area contributed by atoms with Crippen LogP contribution in [0.15, 0.2) is 23.8 Å². The van der Waals surface area contributed by atoms with Crippen LogP contribution in [0.2, 0.25) is 0 Å². The van der Waals surface area contributed by atoms with Crippen LogP contribution in [0, 0.1) is 0 Å². The summed E-state index contributed by atoms with van der Waals surface area (Å²) in [6.07, 6.45) is 4.66. The summed E-state index contributed by atoms with van der Waals surface area (Å²) in [7, 11) is 0. The first-order valence-corrected chi connectivity index (χ1v) is 6.78. The van der Waals surface area contributed by atoms with E-state index in [9.17, 15) is 9.59 Å². The number of aliphatic hydroxyl groups excluding tert-OH is 1. The normalized spacial score (nSPS) is 13.9. The minimum absolute atomic E-state index is 0.0756. The van der Waals surface area contributed by atoms with Crippen molar-refractivity contribution in [2.45, 2.75) is 46.3 Å². The van der Waals surface area contributed by atoms with E-state index in [2.05, 4.69) is 5.32 Å². The van der Waals surface area contributed by atoms with Crippen LogP contribution in [0.25, 0.3) is 0 Å². The Bertz CT molecular complexity index is 407. The van der Waals surface area contributed by atoms with Gasteiger partial charge in [-0.3, -0.25) is 0 Å². The zero-order chi connectivity index (χ0) is 16.5. The Hall–Kier alpha value is -1.82. The maximum Gasteiger partial charge on any atom is 0.408 e. The van der Waals surface area contributed by atoms with E-state index in [1.165, 1.54) is 0 Å². The van der Waals surface area contributed by atoms with E-state index >= 15 is 0 Å².